The van der Waals surface area contributed by atoms with E-state index in [-0.39, 0.29) is 0 Å². The number of hydrogen-bond acceptors (Lipinski definition) is 5. The molecule has 0 fully saturated rings. The van der Waals surface area contributed by atoms with Crippen LogP contribution in [0.4, 0.5) is 5.82 Å². The number of anilines is 1. The van der Waals surface area contributed by atoms with Crippen molar-refractivity contribution >= 4 is 17.6 Å². The van der Waals surface area contributed by atoms with E-state index in [1.54, 1.807) is 12.5 Å². The Labute approximate surface area is 152 Å². The molecule has 0 unspecified atom stereocenters. The van der Waals surface area contributed by atoms with Crippen molar-refractivity contribution in [2.45, 2.75) is 19.3 Å². The fourth-order valence-corrected chi connectivity index (χ4v) is 3.19. The number of pyridine rings is 1. The topological polar surface area (TPSA) is 62.8 Å². The van der Waals surface area contributed by atoms with Gasteiger partial charge in [-0.25, -0.2) is 9.97 Å². The van der Waals surface area contributed by atoms with Crippen LogP contribution in [0.2, 0.25) is 0 Å². The molecule has 3 rings (SSSR count). The molecule has 1 aromatic carbocycles. The van der Waals surface area contributed by atoms with Crippen molar-refractivity contribution in [2.75, 3.05) is 17.6 Å². The molecule has 0 bridgehead atoms. The first-order valence-electron chi connectivity index (χ1n) is 8.25. The van der Waals surface area contributed by atoms with Crippen LogP contribution in [0.25, 0.3) is 0 Å². The molecule has 0 amide bonds. The summed E-state index contributed by atoms with van der Waals surface area (Å²) in [4.78, 5) is 11.8. The van der Waals surface area contributed by atoms with E-state index in [1.807, 2.05) is 49.0 Å². The summed E-state index contributed by atoms with van der Waals surface area (Å²) in [5.74, 6) is 3.45. The molecule has 2 aromatic heterocycles. The van der Waals surface area contributed by atoms with Gasteiger partial charge in [-0.2, -0.15) is 11.8 Å². The molecular weight excluding hydrogens is 332 g/mol. The second kappa shape index (κ2) is 9.13. The van der Waals surface area contributed by atoms with Crippen molar-refractivity contribution in [3.05, 3.63) is 71.9 Å². The summed E-state index contributed by atoms with van der Waals surface area (Å²) in [6.45, 7) is 3.41. The SMILES string of the molecule is Cc1[nH]cnc1CSCCNc1ncccc1OCc1ccccc1. The van der Waals surface area contributed by atoms with Crippen LogP contribution in [0, 0.1) is 6.92 Å². The summed E-state index contributed by atoms with van der Waals surface area (Å²) in [5, 5.41) is 3.36. The molecule has 0 saturated carbocycles. The Bertz CT molecular complexity index is 776. The van der Waals surface area contributed by atoms with Crippen LogP contribution in [0.15, 0.2) is 55.0 Å². The highest BCUT2D eigenvalue weighted by Gasteiger charge is 2.05. The maximum atomic E-state index is 5.91. The van der Waals surface area contributed by atoms with Gasteiger partial charge in [-0.1, -0.05) is 30.3 Å². The van der Waals surface area contributed by atoms with E-state index in [2.05, 4.69) is 32.4 Å². The van der Waals surface area contributed by atoms with E-state index in [0.29, 0.717) is 6.61 Å². The third-order valence-electron chi connectivity index (χ3n) is 3.72. The van der Waals surface area contributed by atoms with Crippen LogP contribution >= 0.6 is 11.8 Å². The van der Waals surface area contributed by atoms with E-state index in [0.717, 1.165) is 46.6 Å². The van der Waals surface area contributed by atoms with Gasteiger partial charge in [0.1, 0.15) is 6.61 Å². The summed E-state index contributed by atoms with van der Waals surface area (Å²) < 4.78 is 5.91. The maximum Gasteiger partial charge on any atom is 0.168 e. The molecule has 0 atom stereocenters. The van der Waals surface area contributed by atoms with Crippen LogP contribution in [0.1, 0.15) is 17.0 Å². The lowest BCUT2D eigenvalue weighted by Gasteiger charge is -2.12. The quantitative estimate of drug-likeness (QED) is 0.568. The molecule has 25 heavy (non-hydrogen) atoms. The number of imidazole rings is 1. The van der Waals surface area contributed by atoms with E-state index >= 15 is 0 Å². The number of rotatable bonds is 9. The van der Waals surface area contributed by atoms with Crippen LogP contribution in [0.5, 0.6) is 5.75 Å². The fourth-order valence-electron chi connectivity index (χ4n) is 2.32. The number of nitrogens with zero attached hydrogens (tertiary/aromatic N) is 2. The minimum absolute atomic E-state index is 0.536. The monoisotopic (exact) mass is 354 g/mol. The Morgan fingerprint density at radius 1 is 1.12 bits per heavy atom. The number of aromatic nitrogens is 3. The van der Waals surface area contributed by atoms with Crippen LogP contribution in [-0.4, -0.2) is 27.2 Å². The highest BCUT2D eigenvalue weighted by Crippen LogP contribution is 2.22. The van der Waals surface area contributed by atoms with Crippen molar-refractivity contribution < 1.29 is 4.74 Å². The second-order valence-corrected chi connectivity index (χ2v) is 6.68. The van der Waals surface area contributed by atoms with Gasteiger partial charge in [0.05, 0.1) is 12.0 Å². The van der Waals surface area contributed by atoms with Gasteiger partial charge in [0, 0.05) is 29.9 Å². The van der Waals surface area contributed by atoms with Gasteiger partial charge in [0.2, 0.25) is 0 Å². The highest BCUT2D eigenvalue weighted by molar-refractivity contribution is 7.98. The van der Waals surface area contributed by atoms with Gasteiger partial charge in [0.15, 0.2) is 11.6 Å². The summed E-state index contributed by atoms with van der Waals surface area (Å²) in [5.41, 5.74) is 3.40. The first kappa shape index (κ1) is 17.4. The lowest BCUT2D eigenvalue weighted by Crippen LogP contribution is -2.08. The largest absolute Gasteiger partial charge is 0.485 e. The number of nitrogens with one attached hydrogen (secondary N) is 2. The van der Waals surface area contributed by atoms with Crippen molar-refractivity contribution in [1.29, 1.82) is 0 Å². The van der Waals surface area contributed by atoms with Crippen molar-refractivity contribution in [3.63, 3.8) is 0 Å². The van der Waals surface area contributed by atoms with Gasteiger partial charge >= 0.3 is 0 Å². The molecule has 6 heteroatoms. The Morgan fingerprint density at radius 2 is 2.00 bits per heavy atom. The van der Waals surface area contributed by atoms with E-state index in [4.69, 9.17) is 4.74 Å². The van der Waals surface area contributed by atoms with Gasteiger partial charge in [-0.05, 0) is 24.6 Å². The van der Waals surface area contributed by atoms with Gasteiger partial charge in [-0.15, -0.1) is 0 Å². The summed E-state index contributed by atoms with van der Waals surface area (Å²) in [7, 11) is 0. The van der Waals surface area contributed by atoms with Gasteiger partial charge < -0.3 is 15.0 Å². The van der Waals surface area contributed by atoms with Crippen molar-refractivity contribution in [1.82, 2.24) is 15.0 Å². The number of benzene rings is 1. The molecular formula is C19H22N4OS. The van der Waals surface area contributed by atoms with E-state index < -0.39 is 0 Å². The number of aryl methyl sites for hydroxylation is 1. The molecule has 0 spiro atoms. The Balaban J connectivity index is 1.45. The lowest BCUT2D eigenvalue weighted by molar-refractivity contribution is 0.306. The number of aromatic amines is 1. The third-order valence-corrected chi connectivity index (χ3v) is 4.69. The van der Waals surface area contributed by atoms with Crippen molar-refractivity contribution in [3.8, 4) is 5.75 Å². The molecule has 0 aliphatic carbocycles. The van der Waals surface area contributed by atoms with E-state index in [1.165, 1.54) is 0 Å². The maximum absolute atomic E-state index is 5.91. The lowest BCUT2D eigenvalue weighted by atomic mass is 10.2. The minimum Gasteiger partial charge on any atom is -0.485 e. The van der Waals surface area contributed by atoms with E-state index in [9.17, 15) is 0 Å². The zero-order valence-corrected chi connectivity index (χ0v) is 15.1. The highest BCUT2D eigenvalue weighted by atomic mass is 32.2. The molecule has 0 saturated heterocycles. The number of thioether (sulfide) groups is 1. The molecule has 0 aliphatic heterocycles. The predicted molar refractivity (Wildman–Crippen MR) is 103 cm³/mol. The summed E-state index contributed by atoms with van der Waals surface area (Å²) >= 11 is 1.85. The molecule has 2 heterocycles. The molecule has 0 aliphatic rings. The molecule has 3 aromatic rings. The standard InChI is InChI=1S/C19H22N4OS/c1-15-17(23-14-22-15)13-25-11-10-21-19-18(8-5-9-20-19)24-12-16-6-3-2-4-7-16/h2-9,14H,10-13H2,1H3,(H,20,21)(H,22,23). The predicted octanol–water partition coefficient (Wildman–Crippen LogP) is 4.04. The second-order valence-electron chi connectivity index (χ2n) is 5.58. The average molecular weight is 354 g/mol. The molecule has 5 nitrogen and oxygen atoms in total. The number of ether oxygens (including phenoxy) is 1. The third kappa shape index (κ3) is 5.26. The van der Waals surface area contributed by atoms with Gasteiger partial charge in [0.25, 0.3) is 0 Å². The number of hydrogen-bond donors (Lipinski definition) is 2. The Morgan fingerprint density at radius 3 is 2.80 bits per heavy atom. The molecule has 0 radical (unpaired) electrons. The smallest absolute Gasteiger partial charge is 0.168 e. The molecule has 130 valence electrons. The van der Waals surface area contributed by atoms with Crippen LogP contribution in [-0.2, 0) is 12.4 Å². The average Bonchev–Trinajstić information content (AvgIpc) is 3.06. The Kier molecular flexibility index (Phi) is 6.34. The number of H-pyrrole nitrogens is 1. The summed E-state index contributed by atoms with van der Waals surface area (Å²) in [6, 6.07) is 14.0. The van der Waals surface area contributed by atoms with Gasteiger partial charge in [-0.3, -0.25) is 0 Å². The first-order chi connectivity index (χ1) is 12.3. The zero-order chi connectivity index (χ0) is 17.3. The van der Waals surface area contributed by atoms with Crippen molar-refractivity contribution in [2.24, 2.45) is 0 Å². The zero-order valence-electron chi connectivity index (χ0n) is 14.2. The first-order valence-corrected chi connectivity index (χ1v) is 9.40. The minimum atomic E-state index is 0.536. The molecule has 2 N–H and O–H groups in total. The normalized spacial score (nSPS) is 10.6. The van der Waals surface area contributed by atoms with Crippen LogP contribution < -0.4 is 10.1 Å². The Hall–Kier alpha value is -2.47. The van der Waals surface area contributed by atoms with Crippen LogP contribution in [0.3, 0.4) is 0 Å². The summed E-state index contributed by atoms with van der Waals surface area (Å²) in [6.07, 6.45) is 3.52. The fraction of sp³-hybridized carbons (Fsp3) is 0.263.